The molecule has 6 nitrogen and oxygen atoms in total. The molecule has 0 radical (unpaired) electrons. The number of nitrogens with two attached hydrogens (primary N) is 1. The van der Waals surface area contributed by atoms with Crippen molar-refractivity contribution in [2.45, 2.75) is 13.5 Å². The molecule has 2 rings (SSSR count). The highest BCUT2D eigenvalue weighted by Gasteiger charge is 2.20. The third-order valence-corrected chi connectivity index (χ3v) is 3.43. The Morgan fingerprint density at radius 1 is 1.37 bits per heavy atom. The Labute approximate surface area is 119 Å². The molecule has 0 saturated heterocycles. The maximum absolute atomic E-state index is 5.47. The third-order valence-electron chi connectivity index (χ3n) is 2.67. The number of aromatic nitrogens is 2. The lowest BCUT2D eigenvalue weighted by molar-refractivity contribution is 0.353. The lowest BCUT2D eigenvalue weighted by Gasteiger charge is -2.13. The maximum atomic E-state index is 5.47. The summed E-state index contributed by atoms with van der Waals surface area (Å²) < 4.78 is 16.4. The number of ether oxygens (including phenoxy) is 2. The monoisotopic (exact) mass is 327 g/mol. The minimum atomic E-state index is 0.205. The third kappa shape index (κ3) is 2.43. The summed E-state index contributed by atoms with van der Waals surface area (Å²) in [5.41, 5.74) is 7.20. The van der Waals surface area contributed by atoms with Crippen LogP contribution in [0.3, 0.4) is 0 Å². The fraction of sp³-hybridized carbons (Fsp3) is 0.333. The standard InChI is InChI=1S/C12H14BrN3O3/c1-6-4-7(17-2)11(18-3)10(13)9(6)12-15-8(5-14)19-16-12/h4H,5,14H2,1-3H3. The molecule has 7 heteroatoms. The van der Waals surface area contributed by atoms with Crippen molar-refractivity contribution in [3.05, 3.63) is 22.0 Å². The average molecular weight is 328 g/mol. The maximum Gasteiger partial charge on any atom is 0.240 e. The summed E-state index contributed by atoms with van der Waals surface area (Å²) in [5.74, 6) is 2.07. The molecule has 0 unspecified atom stereocenters. The predicted octanol–water partition coefficient (Wildman–Crippen LogP) is 2.28. The molecular formula is C12H14BrN3O3. The Hall–Kier alpha value is -1.60. The van der Waals surface area contributed by atoms with Crippen LogP contribution in [0.4, 0.5) is 0 Å². The molecule has 0 aliphatic heterocycles. The molecule has 0 atom stereocenters. The van der Waals surface area contributed by atoms with Gasteiger partial charge in [-0.15, -0.1) is 0 Å². The minimum Gasteiger partial charge on any atom is -0.493 e. The number of hydrogen-bond acceptors (Lipinski definition) is 6. The van der Waals surface area contributed by atoms with E-state index in [4.69, 9.17) is 19.7 Å². The molecule has 0 amide bonds. The second kappa shape index (κ2) is 5.58. The van der Waals surface area contributed by atoms with E-state index >= 15 is 0 Å². The van der Waals surface area contributed by atoms with Crippen molar-refractivity contribution in [1.29, 1.82) is 0 Å². The molecule has 2 aromatic rings. The van der Waals surface area contributed by atoms with E-state index < -0.39 is 0 Å². The molecule has 19 heavy (non-hydrogen) atoms. The quantitative estimate of drug-likeness (QED) is 0.927. The molecule has 0 saturated carbocycles. The highest BCUT2D eigenvalue weighted by Crippen LogP contribution is 2.43. The van der Waals surface area contributed by atoms with Crippen molar-refractivity contribution in [2.24, 2.45) is 5.73 Å². The van der Waals surface area contributed by atoms with Gasteiger partial charge in [-0.2, -0.15) is 4.98 Å². The van der Waals surface area contributed by atoms with Crippen LogP contribution in [0.2, 0.25) is 0 Å². The summed E-state index contributed by atoms with van der Waals surface area (Å²) in [7, 11) is 3.16. The van der Waals surface area contributed by atoms with Gasteiger partial charge in [0.15, 0.2) is 11.5 Å². The Kier molecular flexibility index (Phi) is 4.06. The number of halogens is 1. The molecule has 1 heterocycles. The summed E-state index contributed by atoms with van der Waals surface area (Å²) >= 11 is 3.49. The van der Waals surface area contributed by atoms with E-state index in [0.29, 0.717) is 23.2 Å². The molecular weight excluding hydrogens is 314 g/mol. The Bertz CT molecular complexity index is 598. The van der Waals surface area contributed by atoms with Gasteiger partial charge in [0, 0.05) is 5.56 Å². The van der Waals surface area contributed by atoms with Gasteiger partial charge in [-0.1, -0.05) is 5.16 Å². The SMILES string of the molecule is COc1cc(C)c(-c2noc(CN)n2)c(Br)c1OC. The van der Waals surface area contributed by atoms with E-state index in [-0.39, 0.29) is 6.54 Å². The Balaban J connectivity index is 2.63. The number of benzene rings is 1. The van der Waals surface area contributed by atoms with Gasteiger partial charge in [0.05, 0.1) is 25.2 Å². The van der Waals surface area contributed by atoms with Crippen LogP contribution in [0.25, 0.3) is 11.4 Å². The molecule has 0 aliphatic carbocycles. The van der Waals surface area contributed by atoms with Crippen molar-refractivity contribution < 1.29 is 14.0 Å². The number of methoxy groups -OCH3 is 2. The van der Waals surface area contributed by atoms with Gasteiger partial charge in [0.1, 0.15) is 0 Å². The molecule has 0 bridgehead atoms. The van der Waals surface area contributed by atoms with Crippen molar-refractivity contribution in [3.63, 3.8) is 0 Å². The summed E-state index contributed by atoms with van der Waals surface area (Å²) in [4.78, 5) is 4.22. The van der Waals surface area contributed by atoms with Crippen LogP contribution in [0.5, 0.6) is 11.5 Å². The van der Waals surface area contributed by atoms with E-state index in [1.807, 2.05) is 13.0 Å². The van der Waals surface area contributed by atoms with Crippen LogP contribution in [-0.2, 0) is 6.54 Å². The van der Waals surface area contributed by atoms with Gasteiger partial charge in [0.2, 0.25) is 11.7 Å². The second-order valence-corrected chi connectivity index (χ2v) is 4.63. The first-order chi connectivity index (χ1) is 9.12. The summed E-state index contributed by atoms with van der Waals surface area (Å²) in [5, 5.41) is 3.92. The highest BCUT2D eigenvalue weighted by atomic mass is 79.9. The van der Waals surface area contributed by atoms with Crippen LogP contribution < -0.4 is 15.2 Å². The van der Waals surface area contributed by atoms with Crippen LogP contribution in [0.1, 0.15) is 11.5 Å². The van der Waals surface area contributed by atoms with Gasteiger partial charge in [-0.05, 0) is 34.5 Å². The van der Waals surface area contributed by atoms with E-state index in [2.05, 4.69) is 26.1 Å². The van der Waals surface area contributed by atoms with E-state index in [9.17, 15) is 0 Å². The number of rotatable bonds is 4. The van der Waals surface area contributed by atoms with Crippen LogP contribution in [-0.4, -0.2) is 24.4 Å². The fourth-order valence-electron chi connectivity index (χ4n) is 1.78. The van der Waals surface area contributed by atoms with E-state index in [1.54, 1.807) is 14.2 Å². The smallest absolute Gasteiger partial charge is 0.240 e. The molecule has 0 fully saturated rings. The Morgan fingerprint density at radius 3 is 2.63 bits per heavy atom. The van der Waals surface area contributed by atoms with E-state index in [0.717, 1.165) is 15.6 Å². The van der Waals surface area contributed by atoms with Crippen molar-refractivity contribution in [2.75, 3.05) is 14.2 Å². The summed E-state index contributed by atoms with van der Waals surface area (Å²) in [6.07, 6.45) is 0. The summed E-state index contributed by atoms with van der Waals surface area (Å²) in [6.45, 7) is 2.14. The van der Waals surface area contributed by atoms with Gasteiger partial charge >= 0.3 is 0 Å². The lowest BCUT2D eigenvalue weighted by atomic mass is 10.1. The molecule has 0 spiro atoms. The second-order valence-electron chi connectivity index (χ2n) is 3.83. The Morgan fingerprint density at radius 2 is 2.11 bits per heavy atom. The van der Waals surface area contributed by atoms with Crippen molar-refractivity contribution >= 4 is 15.9 Å². The van der Waals surface area contributed by atoms with Crippen LogP contribution in [0.15, 0.2) is 15.1 Å². The molecule has 2 N–H and O–H groups in total. The largest absolute Gasteiger partial charge is 0.493 e. The number of nitrogens with zero attached hydrogens (tertiary/aromatic N) is 2. The van der Waals surface area contributed by atoms with Gasteiger partial charge in [-0.25, -0.2) is 0 Å². The molecule has 1 aromatic carbocycles. The summed E-state index contributed by atoms with van der Waals surface area (Å²) in [6, 6.07) is 1.86. The number of aryl methyl sites for hydroxylation is 1. The molecule has 0 aliphatic rings. The fourth-order valence-corrected chi connectivity index (χ4v) is 2.63. The first kappa shape index (κ1) is 13.8. The zero-order valence-electron chi connectivity index (χ0n) is 10.9. The normalized spacial score (nSPS) is 10.6. The van der Waals surface area contributed by atoms with Crippen molar-refractivity contribution in [1.82, 2.24) is 10.1 Å². The molecule has 1 aromatic heterocycles. The van der Waals surface area contributed by atoms with Crippen LogP contribution >= 0.6 is 15.9 Å². The van der Waals surface area contributed by atoms with Crippen LogP contribution in [0, 0.1) is 6.92 Å². The highest BCUT2D eigenvalue weighted by molar-refractivity contribution is 9.10. The number of hydrogen-bond donors (Lipinski definition) is 1. The average Bonchev–Trinajstić information content (AvgIpc) is 2.86. The zero-order chi connectivity index (χ0) is 14.0. The van der Waals surface area contributed by atoms with Gasteiger partial charge < -0.3 is 19.7 Å². The first-order valence-corrected chi connectivity index (χ1v) is 6.35. The van der Waals surface area contributed by atoms with Gasteiger partial charge in [-0.3, -0.25) is 0 Å². The van der Waals surface area contributed by atoms with E-state index in [1.165, 1.54) is 0 Å². The topological polar surface area (TPSA) is 83.4 Å². The zero-order valence-corrected chi connectivity index (χ0v) is 12.4. The lowest BCUT2D eigenvalue weighted by Crippen LogP contribution is -1.98. The minimum absolute atomic E-state index is 0.205. The molecule has 102 valence electrons. The first-order valence-electron chi connectivity index (χ1n) is 5.56. The van der Waals surface area contributed by atoms with Crippen molar-refractivity contribution in [3.8, 4) is 22.9 Å². The van der Waals surface area contributed by atoms with Gasteiger partial charge in [0.25, 0.3) is 0 Å². The predicted molar refractivity (Wildman–Crippen MR) is 73.2 cm³/mol.